The lowest BCUT2D eigenvalue weighted by atomic mass is 9.80. The Kier molecular flexibility index (Phi) is 34.3. The van der Waals surface area contributed by atoms with Gasteiger partial charge in [0, 0.05) is 37.3 Å². The van der Waals surface area contributed by atoms with Crippen LogP contribution in [0.4, 0.5) is 0 Å². The molecule has 4 atom stereocenters. The van der Waals surface area contributed by atoms with Crippen LogP contribution in [-0.2, 0) is 0 Å². The van der Waals surface area contributed by atoms with Gasteiger partial charge in [0.2, 0.25) is 0 Å². The predicted octanol–water partition coefficient (Wildman–Crippen LogP) is 11.3. The van der Waals surface area contributed by atoms with E-state index in [-0.39, 0.29) is 44.6 Å². The summed E-state index contributed by atoms with van der Waals surface area (Å²) in [6, 6.07) is 3.85. The number of rotatable bonds is 0. The van der Waals surface area contributed by atoms with Crippen LogP contribution >= 0.6 is 0 Å². The second-order valence-corrected chi connectivity index (χ2v) is 17.5. The summed E-state index contributed by atoms with van der Waals surface area (Å²) >= 11 is 0. The molecule has 0 amide bonds. The number of hydrogen-bond donors (Lipinski definition) is 0. The predicted molar refractivity (Wildman–Crippen MR) is 245 cm³/mol. The number of piperidine rings is 5. The van der Waals surface area contributed by atoms with Crippen LogP contribution in [0.3, 0.4) is 0 Å². The van der Waals surface area contributed by atoms with E-state index in [0.717, 1.165) is 36.0 Å². The van der Waals surface area contributed by atoms with E-state index in [2.05, 4.69) is 71.7 Å². The van der Waals surface area contributed by atoms with Gasteiger partial charge in [-0.25, -0.2) is 0 Å². The number of fused-ring (bicyclic) bond motifs is 7. The van der Waals surface area contributed by atoms with E-state index in [4.69, 9.17) is 0 Å². The van der Waals surface area contributed by atoms with Crippen molar-refractivity contribution in [3.8, 4) is 0 Å². The smallest absolute Gasteiger partial charge is 0.00957 e. The minimum atomic E-state index is 0. The van der Waals surface area contributed by atoms with Crippen molar-refractivity contribution in [1.29, 1.82) is 0 Å². The van der Waals surface area contributed by atoms with E-state index >= 15 is 0 Å². The average molecular weight is 755 g/mol. The van der Waals surface area contributed by atoms with E-state index in [1.807, 2.05) is 0 Å². The molecule has 8 saturated heterocycles. The van der Waals surface area contributed by atoms with Gasteiger partial charge in [-0.1, -0.05) is 70.2 Å². The van der Waals surface area contributed by atoms with Crippen molar-refractivity contribution in [3.05, 3.63) is 0 Å². The van der Waals surface area contributed by atoms with Gasteiger partial charge < -0.3 is 29.4 Å². The molecule has 0 aromatic rings. The molecule has 324 valence electrons. The Balaban J connectivity index is -0.000000556. The van der Waals surface area contributed by atoms with Gasteiger partial charge in [-0.15, -0.1) is 0 Å². The third kappa shape index (κ3) is 21.2. The molecular formula is C47H106N6. The molecular weight excluding hydrogens is 649 g/mol. The van der Waals surface area contributed by atoms with Gasteiger partial charge in [-0.2, -0.15) is 0 Å². The van der Waals surface area contributed by atoms with Crippen LogP contribution < -0.4 is 0 Å². The number of nitrogens with zero attached hydrogens (tertiary/aromatic N) is 6. The topological polar surface area (TPSA) is 19.4 Å². The monoisotopic (exact) mass is 755 g/mol. The molecule has 6 heteroatoms. The number of hydrogen-bond acceptors (Lipinski definition) is 6. The molecule has 0 spiro atoms. The van der Waals surface area contributed by atoms with Gasteiger partial charge in [-0.3, -0.25) is 0 Å². The van der Waals surface area contributed by atoms with Gasteiger partial charge in [0.25, 0.3) is 0 Å². The Labute approximate surface area is 338 Å². The molecule has 6 nitrogen and oxygen atoms in total. The molecule has 0 N–H and O–H groups in total. The summed E-state index contributed by atoms with van der Waals surface area (Å²) in [4.78, 5) is 14.8. The van der Waals surface area contributed by atoms with E-state index in [1.54, 1.807) is 0 Å². The maximum atomic E-state index is 2.59. The summed E-state index contributed by atoms with van der Waals surface area (Å²) in [6.07, 6.45) is 30.6. The highest BCUT2D eigenvalue weighted by atomic mass is 15.2. The Morgan fingerprint density at radius 3 is 0.868 bits per heavy atom. The standard InChI is InChI=1S/2C8H15N.C7H13N.C7H15N.C6H13N.C5H11N.6CH4/c1-9-6-7-2-4-8(9)5-3-7;1-9-7-3-2-4-8(9)6-5-7;1-8-5-6-2-3-7(8)4-6;1-8-6-4-2-3-5-7-8;1-7-5-3-2-4-6-7;1-6-4-2-3-5-6;;;;;;/h2*7-8H,2-6H2,1H3;6-7H,2-5H2,1H3;2-7H2,1H3;2-6H2,1H3;2-5H2,1H3;6*1H4. The van der Waals surface area contributed by atoms with Crippen molar-refractivity contribution >= 4 is 0 Å². The van der Waals surface area contributed by atoms with E-state index in [0.29, 0.717) is 0 Å². The second kappa shape index (κ2) is 31.8. The highest BCUT2D eigenvalue weighted by molar-refractivity contribution is 4.90. The summed E-state index contributed by atoms with van der Waals surface area (Å²) in [6.45, 7) is 10.7. The van der Waals surface area contributed by atoms with E-state index < -0.39 is 0 Å². The minimum Gasteiger partial charge on any atom is -0.306 e. The Morgan fingerprint density at radius 1 is 0.302 bits per heavy atom. The summed E-state index contributed by atoms with van der Waals surface area (Å²) in [5.41, 5.74) is 0. The highest BCUT2D eigenvalue weighted by Crippen LogP contribution is 2.36. The zero-order chi connectivity index (χ0) is 33.4. The van der Waals surface area contributed by atoms with Crippen LogP contribution in [0.5, 0.6) is 0 Å². The Hall–Kier alpha value is -0.240. The maximum absolute atomic E-state index is 2.59. The minimum absolute atomic E-state index is 0. The first-order chi connectivity index (χ1) is 22.8. The van der Waals surface area contributed by atoms with Crippen LogP contribution in [0.1, 0.15) is 179 Å². The van der Waals surface area contributed by atoms with Crippen molar-refractivity contribution < 1.29 is 0 Å². The normalized spacial score (nSPS) is 31.8. The van der Waals surface area contributed by atoms with Crippen LogP contribution in [0.2, 0.25) is 0 Å². The lowest BCUT2D eigenvalue weighted by Gasteiger charge is -2.43. The average Bonchev–Trinajstić information content (AvgIpc) is 3.82. The number of likely N-dealkylation sites (tertiary alicyclic amines) is 4. The molecule has 4 unspecified atom stereocenters. The van der Waals surface area contributed by atoms with Gasteiger partial charge in [0.05, 0.1) is 0 Å². The summed E-state index contributed by atoms with van der Waals surface area (Å²) in [5.74, 6) is 2.13. The molecule has 0 aromatic heterocycles. The van der Waals surface area contributed by atoms with E-state index in [1.165, 1.54) is 187 Å². The molecule has 8 heterocycles. The quantitative estimate of drug-likeness (QED) is 0.244. The fourth-order valence-electron chi connectivity index (χ4n) is 10.0. The molecule has 0 radical (unpaired) electrons. The van der Waals surface area contributed by atoms with Gasteiger partial charge in [0.15, 0.2) is 0 Å². The van der Waals surface area contributed by atoms with Gasteiger partial charge in [-0.05, 0) is 203 Å². The Bertz CT molecular complexity index is 761. The molecule has 6 bridgehead atoms. The largest absolute Gasteiger partial charge is 0.306 e. The van der Waals surface area contributed by atoms with Crippen molar-refractivity contribution in [2.24, 2.45) is 11.8 Å². The van der Waals surface area contributed by atoms with Crippen LogP contribution in [0, 0.1) is 11.8 Å². The third-order valence-electron chi connectivity index (χ3n) is 13.5. The fourth-order valence-corrected chi connectivity index (χ4v) is 10.0. The first kappa shape index (κ1) is 57.1. The zero-order valence-electron chi connectivity index (χ0n) is 32.7. The molecule has 2 saturated carbocycles. The second-order valence-electron chi connectivity index (χ2n) is 17.5. The molecule has 53 heavy (non-hydrogen) atoms. The fraction of sp³-hybridized carbons (Fsp3) is 1.00. The Morgan fingerprint density at radius 2 is 0.623 bits per heavy atom. The molecule has 2 aliphatic carbocycles. The first-order valence-corrected chi connectivity index (χ1v) is 21.0. The van der Waals surface area contributed by atoms with Gasteiger partial charge >= 0.3 is 0 Å². The summed E-state index contributed by atoms with van der Waals surface area (Å²) < 4.78 is 0. The van der Waals surface area contributed by atoms with Gasteiger partial charge in [0.1, 0.15) is 0 Å². The first-order valence-electron chi connectivity index (χ1n) is 21.0. The molecule has 10 fully saturated rings. The summed E-state index contributed by atoms with van der Waals surface area (Å²) in [7, 11) is 13.4. The highest BCUT2D eigenvalue weighted by Gasteiger charge is 2.35. The van der Waals surface area contributed by atoms with Crippen molar-refractivity contribution in [3.63, 3.8) is 0 Å². The molecule has 10 rings (SSSR count). The molecule has 0 aromatic carbocycles. The third-order valence-corrected chi connectivity index (χ3v) is 13.5. The molecule has 8 aliphatic heterocycles. The van der Waals surface area contributed by atoms with Crippen molar-refractivity contribution in [1.82, 2.24) is 29.4 Å². The zero-order valence-corrected chi connectivity index (χ0v) is 32.7. The molecule has 10 aliphatic rings. The van der Waals surface area contributed by atoms with E-state index in [9.17, 15) is 0 Å². The van der Waals surface area contributed by atoms with Crippen LogP contribution in [0.15, 0.2) is 0 Å². The lowest BCUT2D eigenvalue weighted by Crippen LogP contribution is -2.45. The SMILES string of the molecule is C.C.C.C.C.C.CN1C2CCCC1CC2.CN1CC2CCC1C2.CN1CC2CCC1CC2.CN1CCCC1.CN1CCCCC1.CN1CCCCCC1. The summed E-state index contributed by atoms with van der Waals surface area (Å²) in [5, 5.41) is 0. The maximum Gasteiger partial charge on any atom is 0.00957 e. The van der Waals surface area contributed by atoms with Crippen molar-refractivity contribution in [2.75, 3.05) is 94.6 Å². The van der Waals surface area contributed by atoms with Crippen molar-refractivity contribution in [2.45, 2.75) is 204 Å². The van der Waals surface area contributed by atoms with Crippen LogP contribution in [-0.4, -0.2) is 148 Å². The lowest BCUT2D eigenvalue weighted by molar-refractivity contribution is 0.0727. The van der Waals surface area contributed by atoms with Crippen LogP contribution in [0.25, 0.3) is 0 Å².